The standard InChI is InChI=1S/C10H6F3N3O4/c1-20-9(19)4-2-5(8(17)18)16-7(14-4)3-6(15-16)10(11,12)13/h2-3H,1H3,(H,17,18). The second-order valence-corrected chi connectivity index (χ2v) is 3.62. The molecule has 106 valence electrons. The summed E-state index contributed by atoms with van der Waals surface area (Å²) in [5, 5.41) is 12.1. The number of halogens is 3. The molecule has 0 aliphatic carbocycles. The van der Waals surface area contributed by atoms with Crippen LogP contribution in [-0.2, 0) is 10.9 Å². The molecule has 1 N–H and O–H groups in total. The summed E-state index contributed by atoms with van der Waals surface area (Å²) in [5.41, 5.74) is -2.79. The lowest BCUT2D eigenvalue weighted by Gasteiger charge is -2.03. The SMILES string of the molecule is COC(=O)c1cc(C(=O)O)n2nc(C(F)(F)F)cc2n1. The number of fused-ring (bicyclic) bond motifs is 1. The number of hydrogen-bond donors (Lipinski definition) is 1. The predicted octanol–water partition coefficient (Wildman–Crippen LogP) is 1.23. The number of carboxylic acids is 1. The van der Waals surface area contributed by atoms with Crippen LogP contribution < -0.4 is 0 Å². The zero-order valence-electron chi connectivity index (χ0n) is 9.80. The van der Waals surface area contributed by atoms with Gasteiger partial charge in [-0.05, 0) is 0 Å². The third kappa shape index (κ3) is 2.27. The average Bonchev–Trinajstić information content (AvgIpc) is 2.79. The first-order valence-electron chi connectivity index (χ1n) is 5.03. The molecule has 0 unspecified atom stereocenters. The van der Waals surface area contributed by atoms with Crippen LogP contribution in [0.1, 0.15) is 26.7 Å². The third-order valence-corrected chi connectivity index (χ3v) is 2.33. The molecule has 0 amide bonds. The monoisotopic (exact) mass is 289 g/mol. The lowest BCUT2D eigenvalue weighted by Crippen LogP contribution is -2.13. The Kier molecular flexibility index (Phi) is 3.08. The normalized spacial score (nSPS) is 11.6. The summed E-state index contributed by atoms with van der Waals surface area (Å²) in [7, 11) is 1.03. The van der Waals surface area contributed by atoms with Gasteiger partial charge in [-0.1, -0.05) is 0 Å². The van der Waals surface area contributed by atoms with Crippen molar-refractivity contribution in [3.8, 4) is 0 Å². The van der Waals surface area contributed by atoms with Crippen LogP contribution in [0.2, 0.25) is 0 Å². The number of hydrogen-bond acceptors (Lipinski definition) is 5. The molecule has 0 spiro atoms. The molecule has 0 bridgehead atoms. The zero-order valence-corrected chi connectivity index (χ0v) is 9.80. The van der Waals surface area contributed by atoms with Crippen molar-refractivity contribution in [3.05, 3.63) is 29.2 Å². The maximum Gasteiger partial charge on any atom is 0.435 e. The molecule has 0 saturated carbocycles. The van der Waals surface area contributed by atoms with Gasteiger partial charge in [-0.15, -0.1) is 0 Å². The summed E-state index contributed by atoms with van der Waals surface area (Å²) in [4.78, 5) is 25.9. The first kappa shape index (κ1) is 13.8. The molecule has 2 aromatic rings. The third-order valence-electron chi connectivity index (χ3n) is 2.33. The summed E-state index contributed by atoms with van der Waals surface area (Å²) >= 11 is 0. The van der Waals surface area contributed by atoms with Gasteiger partial charge in [-0.25, -0.2) is 19.1 Å². The number of aromatic carboxylic acids is 1. The van der Waals surface area contributed by atoms with Crippen LogP contribution in [0.15, 0.2) is 12.1 Å². The summed E-state index contributed by atoms with van der Waals surface area (Å²) in [6.07, 6.45) is -4.76. The fraction of sp³-hybridized carbons (Fsp3) is 0.200. The summed E-state index contributed by atoms with van der Waals surface area (Å²) < 4.78 is 42.5. The number of ether oxygens (including phenoxy) is 1. The van der Waals surface area contributed by atoms with Crippen molar-refractivity contribution in [2.45, 2.75) is 6.18 Å². The van der Waals surface area contributed by atoms with Crippen molar-refractivity contribution < 1.29 is 32.6 Å². The van der Waals surface area contributed by atoms with E-state index in [1.54, 1.807) is 0 Å². The van der Waals surface area contributed by atoms with Gasteiger partial charge in [0.15, 0.2) is 22.7 Å². The van der Waals surface area contributed by atoms with E-state index in [1.807, 2.05) is 0 Å². The van der Waals surface area contributed by atoms with E-state index in [4.69, 9.17) is 5.11 Å². The van der Waals surface area contributed by atoms with Crippen LogP contribution in [0.5, 0.6) is 0 Å². The van der Waals surface area contributed by atoms with E-state index in [-0.39, 0.29) is 0 Å². The molecule has 0 atom stereocenters. The van der Waals surface area contributed by atoms with Crippen molar-refractivity contribution in [1.82, 2.24) is 14.6 Å². The molecule has 7 nitrogen and oxygen atoms in total. The maximum atomic E-state index is 12.5. The van der Waals surface area contributed by atoms with Gasteiger partial charge >= 0.3 is 18.1 Å². The highest BCUT2D eigenvalue weighted by Gasteiger charge is 2.35. The van der Waals surface area contributed by atoms with Crippen molar-refractivity contribution >= 4 is 17.6 Å². The average molecular weight is 289 g/mol. The molecule has 0 aliphatic heterocycles. The number of carbonyl (C=O) groups excluding carboxylic acids is 1. The van der Waals surface area contributed by atoms with Gasteiger partial charge < -0.3 is 9.84 Å². The Balaban J connectivity index is 2.74. The van der Waals surface area contributed by atoms with E-state index < -0.39 is 40.8 Å². The van der Waals surface area contributed by atoms with Crippen LogP contribution >= 0.6 is 0 Å². The van der Waals surface area contributed by atoms with Gasteiger partial charge in [0, 0.05) is 12.1 Å². The molecule has 0 aromatic carbocycles. The Labute approximate surface area is 108 Å². The minimum Gasteiger partial charge on any atom is -0.477 e. The molecule has 2 rings (SSSR count). The molecule has 0 fully saturated rings. The van der Waals surface area contributed by atoms with E-state index in [0.717, 1.165) is 13.2 Å². The van der Waals surface area contributed by atoms with Crippen LogP contribution in [-0.4, -0.2) is 38.8 Å². The first-order chi connectivity index (χ1) is 9.24. The highest BCUT2D eigenvalue weighted by Crippen LogP contribution is 2.28. The molecule has 0 radical (unpaired) electrons. The first-order valence-corrected chi connectivity index (χ1v) is 5.03. The van der Waals surface area contributed by atoms with Gasteiger partial charge in [0.2, 0.25) is 0 Å². The van der Waals surface area contributed by atoms with Crippen molar-refractivity contribution in [2.24, 2.45) is 0 Å². The largest absolute Gasteiger partial charge is 0.477 e. The maximum absolute atomic E-state index is 12.5. The van der Waals surface area contributed by atoms with Crippen molar-refractivity contribution in [3.63, 3.8) is 0 Å². The molecule has 10 heteroatoms. The Morgan fingerprint density at radius 3 is 2.50 bits per heavy atom. The molecular formula is C10H6F3N3O4. The van der Waals surface area contributed by atoms with Crippen LogP contribution in [0.4, 0.5) is 13.2 Å². The molecule has 0 saturated heterocycles. The minimum absolute atomic E-state index is 0.419. The lowest BCUT2D eigenvalue weighted by molar-refractivity contribution is -0.141. The van der Waals surface area contributed by atoms with Gasteiger partial charge in [0.25, 0.3) is 0 Å². The van der Waals surface area contributed by atoms with Gasteiger partial charge in [0.05, 0.1) is 7.11 Å². The van der Waals surface area contributed by atoms with Crippen LogP contribution in [0.3, 0.4) is 0 Å². The Hall–Kier alpha value is -2.65. The smallest absolute Gasteiger partial charge is 0.435 e. The van der Waals surface area contributed by atoms with E-state index in [9.17, 15) is 22.8 Å². The number of rotatable bonds is 2. The van der Waals surface area contributed by atoms with E-state index >= 15 is 0 Å². The van der Waals surface area contributed by atoms with Crippen molar-refractivity contribution in [2.75, 3.05) is 7.11 Å². The Bertz CT molecular complexity index is 708. The lowest BCUT2D eigenvalue weighted by atomic mass is 10.3. The van der Waals surface area contributed by atoms with Crippen molar-refractivity contribution in [1.29, 1.82) is 0 Å². The number of carbonyl (C=O) groups is 2. The van der Waals surface area contributed by atoms with E-state index in [0.29, 0.717) is 10.6 Å². The van der Waals surface area contributed by atoms with Gasteiger partial charge in [-0.2, -0.15) is 18.3 Å². The zero-order chi connectivity index (χ0) is 15.1. The number of nitrogens with zero attached hydrogens (tertiary/aromatic N) is 3. The molecule has 2 aromatic heterocycles. The number of aromatic nitrogens is 3. The number of methoxy groups -OCH3 is 1. The second-order valence-electron chi connectivity index (χ2n) is 3.62. The summed E-state index contributed by atoms with van der Waals surface area (Å²) in [6, 6.07) is 1.33. The highest BCUT2D eigenvalue weighted by atomic mass is 19.4. The number of esters is 1. The van der Waals surface area contributed by atoms with E-state index in [1.165, 1.54) is 0 Å². The van der Waals surface area contributed by atoms with E-state index in [2.05, 4.69) is 14.8 Å². The predicted molar refractivity (Wildman–Crippen MR) is 56.3 cm³/mol. The quantitative estimate of drug-likeness (QED) is 0.836. The van der Waals surface area contributed by atoms with Gasteiger partial charge in [0.1, 0.15) is 0 Å². The fourth-order valence-electron chi connectivity index (χ4n) is 1.47. The number of alkyl halides is 3. The number of carboxylic acid groups (broad SMARTS) is 1. The summed E-state index contributed by atoms with van der Waals surface area (Å²) in [5.74, 6) is -2.52. The Morgan fingerprint density at radius 2 is 2.00 bits per heavy atom. The Morgan fingerprint density at radius 1 is 1.35 bits per heavy atom. The fourth-order valence-corrected chi connectivity index (χ4v) is 1.47. The van der Waals surface area contributed by atoms with Crippen LogP contribution in [0.25, 0.3) is 5.65 Å². The van der Waals surface area contributed by atoms with Crippen LogP contribution in [0, 0.1) is 0 Å². The molecule has 0 aliphatic rings. The molecular weight excluding hydrogens is 283 g/mol. The summed E-state index contributed by atoms with van der Waals surface area (Å²) in [6.45, 7) is 0. The highest BCUT2D eigenvalue weighted by molar-refractivity contribution is 5.92. The molecule has 20 heavy (non-hydrogen) atoms. The second kappa shape index (κ2) is 4.47. The van der Waals surface area contributed by atoms with Gasteiger partial charge in [-0.3, -0.25) is 0 Å². The molecule has 2 heterocycles. The minimum atomic E-state index is -4.76. The topological polar surface area (TPSA) is 93.8 Å².